The lowest BCUT2D eigenvalue weighted by Crippen LogP contribution is -2.39. The molecule has 0 aromatic heterocycles. The number of carbonyl (C=O) groups is 1. The third-order valence-electron chi connectivity index (χ3n) is 3.68. The molecule has 0 amide bonds. The molecule has 21 heavy (non-hydrogen) atoms. The van der Waals surface area contributed by atoms with Gasteiger partial charge in [-0.25, -0.2) is 0 Å². The predicted molar refractivity (Wildman–Crippen MR) is 83.2 cm³/mol. The monoisotopic (exact) mass is 289 g/mol. The minimum Gasteiger partial charge on any atom is -0.396 e. The molecule has 0 fully saturated rings. The largest absolute Gasteiger partial charge is 0.396 e. The van der Waals surface area contributed by atoms with Gasteiger partial charge in [0, 0.05) is 25.9 Å². The van der Waals surface area contributed by atoms with Crippen LogP contribution in [0, 0.1) is 0 Å². The Bertz CT molecular complexity index is 525. The average molecular weight is 289 g/mol. The van der Waals surface area contributed by atoms with Gasteiger partial charge in [-0.1, -0.05) is 24.3 Å². The zero-order valence-corrected chi connectivity index (χ0v) is 12.5. The number of nitrogens with zero attached hydrogens (tertiary/aromatic N) is 1. The average Bonchev–Trinajstić information content (AvgIpc) is 2.82. The molecule has 2 atom stereocenters. The molecule has 2 rings (SSSR count). The SMILES string of the molecule is CC(=O)C1NC(c2ccc(C[C@H](N)CCO)cc2)=CN1C. The summed E-state index contributed by atoms with van der Waals surface area (Å²) >= 11 is 0. The summed E-state index contributed by atoms with van der Waals surface area (Å²) in [7, 11) is 1.88. The molecule has 0 aliphatic carbocycles. The first-order chi connectivity index (χ1) is 10.0. The van der Waals surface area contributed by atoms with Gasteiger partial charge in [0.25, 0.3) is 0 Å². The van der Waals surface area contributed by atoms with Crippen LogP contribution in [0.5, 0.6) is 0 Å². The third-order valence-corrected chi connectivity index (χ3v) is 3.68. The zero-order valence-electron chi connectivity index (χ0n) is 12.5. The number of hydrogen-bond acceptors (Lipinski definition) is 5. The Morgan fingerprint density at radius 1 is 1.43 bits per heavy atom. The van der Waals surface area contributed by atoms with Gasteiger partial charge in [0.15, 0.2) is 11.9 Å². The molecule has 114 valence electrons. The van der Waals surface area contributed by atoms with Crippen molar-refractivity contribution in [3.63, 3.8) is 0 Å². The first-order valence-corrected chi connectivity index (χ1v) is 7.17. The van der Waals surface area contributed by atoms with E-state index < -0.39 is 0 Å². The van der Waals surface area contributed by atoms with Gasteiger partial charge in [-0.3, -0.25) is 4.79 Å². The van der Waals surface area contributed by atoms with Crippen molar-refractivity contribution in [3.05, 3.63) is 41.6 Å². The van der Waals surface area contributed by atoms with Crippen molar-refractivity contribution in [2.45, 2.75) is 32.0 Å². The van der Waals surface area contributed by atoms with Crippen LogP contribution in [0.2, 0.25) is 0 Å². The second-order valence-electron chi connectivity index (χ2n) is 5.54. The van der Waals surface area contributed by atoms with E-state index in [1.165, 1.54) is 0 Å². The molecule has 0 saturated heterocycles. The molecule has 1 aliphatic rings. The Kier molecular flexibility index (Phi) is 4.98. The number of aliphatic hydroxyl groups is 1. The highest BCUT2D eigenvalue weighted by Crippen LogP contribution is 2.20. The molecule has 1 unspecified atom stereocenters. The number of rotatable bonds is 6. The fourth-order valence-corrected chi connectivity index (χ4v) is 2.50. The van der Waals surface area contributed by atoms with Crippen LogP contribution in [0.3, 0.4) is 0 Å². The van der Waals surface area contributed by atoms with E-state index in [1.54, 1.807) is 6.92 Å². The van der Waals surface area contributed by atoms with Crippen LogP contribution in [0.1, 0.15) is 24.5 Å². The number of ketones is 1. The van der Waals surface area contributed by atoms with E-state index in [9.17, 15) is 4.79 Å². The summed E-state index contributed by atoms with van der Waals surface area (Å²) in [5.74, 6) is 0.0929. The van der Waals surface area contributed by atoms with E-state index in [0.29, 0.717) is 6.42 Å². The molecule has 5 heteroatoms. The number of nitrogens with one attached hydrogen (secondary N) is 1. The topological polar surface area (TPSA) is 78.6 Å². The van der Waals surface area contributed by atoms with Crippen molar-refractivity contribution in [1.82, 2.24) is 10.2 Å². The molecule has 1 aromatic carbocycles. The number of nitrogens with two attached hydrogens (primary N) is 1. The summed E-state index contributed by atoms with van der Waals surface area (Å²) in [5.41, 5.74) is 9.06. The van der Waals surface area contributed by atoms with E-state index >= 15 is 0 Å². The molecule has 4 N–H and O–H groups in total. The summed E-state index contributed by atoms with van der Waals surface area (Å²) in [6.07, 6.45) is 3.03. The maximum Gasteiger partial charge on any atom is 0.172 e. The van der Waals surface area contributed by atoms with Crippen LogP contribution in [-0.2, 0) is 11.2 Å². The quantitative estimate of drug-likeness (QED) is 0.718. The van der Waals surface area contributed by atoms with Crippen molar-refractivity contribution in [2.75, 3.05) is 13.7 Å². The van der Waals surface area contributed by atoms with Gasteiger partial charge in [-0.05, 0) is 30.9 Å². The van der Waals surface area contributed by atoms with E-state index in [0.717, 1.165) is 23.2 Å². The summed E-state index contributed by atoms with van der Waals surface area (Å²) in [5, 5.41) is 12.1. The van der Waals surface area contributed by atoms with E-state index in [4.69, 9.17) is 10.8 Å². The summed E-state index contributed by atoms with van der Waals surface area (Å²) in [4.78, 5) is 13.4. The highest BCUT2D eigenvalue weighted by Gasteiger charge is 2.24. The summed E-state index contributed by atoms with van der Waals surface area (Å²) < 4.78 is 0. The van der Waals surface area contributed by atoms with Crippen molar-refractivity contribution < 1.29 is 9.90 Å². The van der Waals surface area contributed by atoms with Gasteiger partial charge in [0.2, 0.25) is 0 Å². The molecule has 1 aliphatic heterocycles. The Morgan fingerprint density at radius 3 is 2.62 bits per heavy atom. The van der Waals surface area contributed by atoms with E-state index in [2.05, 4.69) is 5.32 Å². The highest BCUT2D eigenvalue weighted by molar-refractivity contribution is 5.85. The predicted octanol–water partition coefficient (Wildman–Crippen LogP) is 0.687. The van der Waals surface area contributed by atoms with Gasteiger partial charge in [0.05, 0.1) is 5.70 Å². The Hall–Kier alpha value is -1.85. The molecular formula is C16H23N3O2. The Balaban J connectivity index is 2.03. The molecule has 0 saturated carbocycles. The standard InChI is InChI=1S/C16H23N3O2/c1-11(21)16-18-15(10-19(16)2)13-5-3-12(4-6-13)9-14(17)7-8-20/h3-6,10,14,16,18,20H,7-9,17H2,1-2H3/t14-,16?/m1/s1. The fraction of sp³-hybridized carbons (Fsp3) is 0.438. The minimum absolute atomic E-state index is 0.0158. The zero-order chi connectivity index (χ0) is 15.4. The Morgan fingerprint density at radius 2 is 2.10 bits per heavy atom. The first-order valence-electron chi connectivity index (χ1n) is 7.17. The molecule has 1 heterocycles. The van der Waals surface area contributed by atoms with Crippen molar-refractivity contribution in [1.29, 1.82) is 0 Å². The van der Waals surface area contributed by atoms with Crippen LogP contribution in [0.25, 0.3) is 5.70 Å². The maximum atomic E-state index is 11.5. The first kappa shape index (κ1) is 15.5. The van der Waals surface area contributed by atoms with Crippen LogP contribution in [0.4, 0.5) is 0 Å². The van der Waals surface area contributed by atoms with Crippen LogP contribution in [0.15, 0.2) is 30.5 Å². The number of likely N-dealkylation sites (N-methyl/N-ethyl adjacent to an activating group) is 1. The number of hydrogen-bond donors (Lipinski definition) is 3. The normalized spacial score (nSPS) is 19.1. The van der Waals surface area contributed by atoms with Gasteiger partial charge in [-0.2, -0.15) is 0 Å². The lowest BCUT2D eigenvalue weighted by atomic mass is 10.0. The second kappa shape index (κ2) is 6.74. The van der Waals surface area contributed by atoms with Crippen LogP contribution < -0.4 is 11.1 Å². The molecule has 0 radical (unpaired) electrons. The molecule has 0 bridgehead atoms. The third kappa shape index (κ3) is 3.83. The number of Topliss-reactive ketones (excluding diaryl/α,β-unsaturated/α-hetero) is 1. The van der Waals surface area contributed by atoms with Gasteiger partial charge in [0.1, 0.15) is 0 Å². The van der Waals surface area contributed by atoms with Gasteiger partial charge in [-0.15, -0.1) is 0 Å². The second-order valence-corrected chi connectivity index (χ2v) is 5.54. The molecular weight excluding hydrogens is 266 g/mol. The van der Waals surface area contributed by atoms with E-state index in [1.807, 2.05) is 42.4 Å². The van der Waals surface area contributed by atoms with E-state index in [-0.39, 0.29) is 24.6 Å². The van der Waals surface area contributed by atoms with Crippen LogP contribution >= 0.6 is 0 Å². The van der Waals surface area contributed by atoms with Gasteiger partial charge < -0.3 is 21.1 Å². The highest BCUT2D eigenvalue weighted by atomic mass is 16.3. The lowest BCUT2D eigenvalue weighted by molar-refractivity contribution is -0.121. The summed E-state index contributed by atoms with van der Waals surface area (Å²) in [6.45, 7) is 1.70. The lowest BCUT2D eigenvalue weighted by Gasteiger charge is -2.17. The minimum atomic E-state index is -0.280. The molecule has 0 spiro atoms. The van der Waals surface area contributed by atoms with Gasteiger partial charge >= 0.3 is 0 Å². The fourth-order valence-electron chi connectivity index (χ4n) is 2.50. The number of benzene rings is 1. The maximum absolute atomic E-state index is 11.5. The number of carbonyl (C=O) groups excluding carboxylic acids is 1. The van der Waals surface area contributed by atoms with Crippen molar-refractivity contribution in [2.24, 2.45) is 5.73 Å². The molecule has 5 nitrogen and oxygen atoms in total. The molecule has 1 aromatic rings. The van der Waals surface area contributed by atoms with Crippen LogP contribution in [-0.4, -0.2) is 41.7 Å². The van der Waals surface area contributed by atoms with Crippen molar-refractivity contribution >= 4 is 11.5 Å². The summed E-state index contributed by atoms with van der Waals surface area (Å²) in [6, 6.07) is 8.11. The Labute approximate surface area is 125 Å². The smallest absolute Gasteiger partial charge is 0.172 e. The number of aliphatic hydroxyl groups excluding tert-OH is 1. The van der Waals surface area contributed by atoms with Crippen molar-refractivity contribution in [3.8, 4) is 0 Å².